The van der Waals surface area contributed by atoms with Crippen molar-refractivity contribution in [2.24, 2.45) is 0 Å². The summed E-state index contributed by atoms with van der Waals surface area (Å²) in [6.07, 6.45) is 4.81. The zero-order valence-corrected chi connectivity index (χ0v) is 13.2. The highest BCUT2D eigenvalue weighted by Crippen LogP contribution is 2.14. The van der Waals surface area contributed by atoms with Gasteiger partial charge in [0.15, 0.2) is 0 Å². The second-order valence-corrected chi connectivity index (χ2v) is 5.29. The van der Waals surface area contributed by atoms with Gasteiger partial charge in [-0.2, -0.15) is 5.26 Å². The number of rotatable bonds is 5. The molecule has 0 saturated carbocycles. The number of halogens is 1. The third kappa shape index (κ3) is 4.72. The van der Waals surface area contributed by atoms with Gasteiger partial charge in [0.25, 0.3) is 5.91 Å². The fourth-order valence-corrected chi connectivity index (χ4v) is 1.92. The molecule has 110 valence electrons. The predicted octanol–water partition coefficient (Wildman–Crippen LogP) is 2.98. The van der Waals surface area contributed by atoms with E-state index in [0.717, 1.165) is 10.0 Å². The topological polar surface area (TPSA) is 77.8 Å². The number of nitrogens with zero attached hydrogens (tertiary/aromatic N) is 2. The molecule has 0 aliphatic heterocycles. The van der Waals surface area contributed by atoms with Crippen LogP contribution in [0.2, 0.25) is 0 Å². The molecule has 0 spiro atoms. The van der Waals surface area contributed by atoms with E-state index in [9.17, 15) is 4.79 Å². The van der Waals surface area contributed by atoms with Crippen molar-refractivity contribution in [2.45, 2.75) is 6.54 Å². The normalized spacial score (nSPS) is 10.6. The summed E-state index contributed by atoms with van der Waals surface area (Å²) in [7, 11) is 0. The van der Waals surface area contributed by atoms with E-state index in [4.69, 9.17) is 5.26 Å². The van der Waals surface area contributed by atoms with Gasteiger partial charge in [-0.15, -0.1) is 0 Å². The molecule has 22 heavy (non-hydrogen) atoms. The SMILES string of the molecule is N#C/C(=C/NCc1cccnc1)C(=O)Nc1ccc(Br)cc1. The van der Waals surface area contributed by atoms with Crippen molar-refractivity contribution in [1.82, 2.24) is 10.3 Å². The Morgan fingerprint density at radius 3 is 2.73 bits per heavy atom. The minimum atomic E-state index is -0.455. The highest BCUT2D eigenvalue weighted by atomic mass is 79.9. The second-order valence-electron chi connectivity index (χ2n) is 4.37. The van der Waals surface area contributed by atoms with E-state index < -0.39 is 5.91 Å². The van der Waals surface area contributed by atoms with E-state index >= 15 is 0 Å². The molecule has 2 rings (SSSR count). The Balaban J connectivity index is 1.95. The van der Waals surface area contributed by atoms with Crippen LogP contribution in [0.15, 0.2) is 65.0 Å². The maximum Gasteiger partial charge on any atom is 0.267 e. The third-order valence-corrected chi connectivity index (χ3v) is 3.27. The number of amides is 1. The number of hydrogen-bond acceptors (Lipinski definition) is 4. The van der Waals surface area contributed by atoms with E-state index in [2.05, 4.69) is 31.5 Å². The van der Waals surface area contributed by atoms with Crippen molar-refractivity contribution in [1.29, 1.82) is 5.26 Å². The molecular formula is C16H13BrN4O. The van der Waals surface area contributed by atoms with Crippen LogP contribution < -0.4 is 10.6 Å². The first kappa shape index (κ1) is 15.7. The summed E-state index contributed by atoms with van der Waals surface area (Å²) in [5, 5.41) is 14.7. The fourth-order valence-electron chi connectivity index (χ4n) is 1.65. The molecule has 1 amide bonds. The standard InChI is InChI=1S/C16H13BrN4O/c17-14-3-5-15(6-4-14)21-16(22)13(8-18)11-20-10-12-2-1-7-19-9-12/h1-7,9,11,20H,10H2,(H,21,22)/b13-11-. The molecule has 1 heterocycles. The van der Waals surface area contributed by atoms with Gasteiger partial charge in [-0.1, -0.05) is 22.0 Å². The van der Waals surface area contributed by atoms with Gasteiger partial charge in [-0.05, 0) is 35.9 Å². The number of hydrogen-bond donors (Lipinski definition) is 2. The maximum absolute atomic E-state index is 12.0. The van der Waals surface area contributed by atoms with Crippen molar-refractivity contribution in [3.63, 3.8) is 0 Å². The molecule has 0 unspecified atom stereocenters. The summed E-state index contributed by atoms with van der Waals surface area (Å²) in [5.74, 6) is -0.455. The summed E-state index contributed by atoms with van der Waals surface area (Å²) in [6, 6.07) is 12.7. The number of carbonyl (C=O) groups excluding carboxylic acids is 1. The van der Waals surface area contributed by atoms with Crippen molar-refractivity contribution in [3.8, 4) is 6.07 Å². The smallest absolute Gasteiger partial charge is 0.267 e. The first-order chi connectivity index (χ1) is 10.7. The van der Waals surface area contributed by atoms with Gasteiger partial charge < -0.3 is 10.6 Å². The van der Waals surface area contributed by atoms with Gasteiger partial charge in [0.1, 0.15) is 11.6 Å². The van der Waals surface area contributed by atoms with Crippen molar-refractivity contribution in [2.75, 3.05) is 5.32 Å². The molecule has 1 aromatic carbocycles. The van der Waals surface area contributed by atoms with E-state index in [1.165, 1.54) is 6.20 Å². The average Bonchev–Trinajstić information content (AvgIpc) is 2.54. The molecule has 0 atom stereocenters. The lowest BCUT2D eigenvalue weighted by Gasteiger charge is -2.05. The molecule has 0 bridgehead atoms. The Morgan fingerprint density at radius 1 is 1.32 bits per heavy atom. The summed E-state index contributed by atoms with van der Waals surface area (Å²) < 4.78 is 0.916. The zero-order valence-electron chi connectivity index (χ0n) is 11.6. The molecule has 0 aliphatic carbocycles. The van der Waals surface area contributed by atoms with Crippen LogP contribution in [0.3, 0.4) is 0 Å². The van der Waals surface area contributed by atoms with E-state index in [0.29, 0.717) is 12.2 Å². The van der Waals surface area contributed by atoms with E-state index in [1.54, 1.807) is 24.5 Å². The number of nitrogens with one attached hydrogen (secondary N) is 2. The molecule has 2 aromatic rings. The monoisotopic (exact) mass is 356 g/mol. The zero-order chi connectivity index (χ0) is 15.8. The van der Waals surface area contributed by atoms with Crippen LogP contribution in [0.4, 0.5) is 5.69 Å². The van der Waals surface area contributed by atoms with Gasteiger partial charge in [-0.3, -0.25) is 9.78 Å². The largest absolute Gasteiger partial charge is 0.386 e. The van der Waals surface area contributed by atoms with Crippen LogP contribution in [0.25, 0.3) is 0 Å². The lowest BCUT2D eigenvalue weighted by molar-refractivity contribution is -0.112. The lowest BCUT2D eigenvalue weighted by atomic mass is 10.2. The van der Waals surface area contributed by atoms with Crippen molar-refractivity contribution in [3.05, 3.63) is 70.6 Å². The Kier molecular flexibility index (Phi) is 5.69. The lowest BCUT2D eigenvalue weighted by Crippen LogP contribution is -2.16. The first-order valence-corrected chi connectivity index (χ1v) is 7.28. The molecule has 2 N–H and O–H groups in total. The number of pyridine rings is 1. The number of anilines is 1. The molecular weight excluding hydrogens is 344 g/mol. The minimum absolute atomic E-state index is 0.00630. The Hall–Kier alpha value is -2.65. The van der Waals surface area contributed by atoms with Gasteiger partial charge in [0.2, 0.25) is 0 Å². The number of aromatic nitrogens is 1. The van der Waals surface area contributed by atoms with Gasteiger partial charge in [0, 0.05) is 35.3 Å². The second kappa shape index (κ2) is 7.96. The number of benzene rings is 1. The van der Waals surface area contributed by atoms with Crippen LogP contribution in [0, 0.1) is 11.3 Å². The molecule has 0 saturated heterocycles. The molecule has 0 fully saturated rings. The minimum Gasteiger partial charge on any atom is -0.386 e. The van der Waals surface area contributed by atoms with Gasteiger partial charge in [-0.25, -0.2) is 0 Å². The predicted molar refractivity (Wildman–Crippen MR) is 87.5 cm³/mol. The van der Waals surface area contributed by atoms with E-state index in [1.807, 2.05) is 30.3 Å². The molecule has 0 radical (unpaired) electrons. The van der Waals surface area contributed by atoms with Gasteiger partial charge in [0.05, 0.1) is 0 Å². The summed E-state index contributed by atoms with van der Waals surface area (Å²) in [4.78, 5) is 16.0. The summed E-state index contributed by atoms with van der Waals surface area (Å²) in [5.41, 5.74) is 1.60. The van der Waals surface area contributed by atoms with Crippen LogP contribution >= 0.6 is 15.9 Å². The molecule has 6 heteroatoms. The first-order valence-electron chi connectivity index (χ1n) is 6.48. The summed E-state index contributed by atoms with van der Waals surface area (Å²) in [6.45, 7) is 0.491. The molecule has 0 aliphatic rings. The molecule has 1 aromatic heterocycles. The number of carbonyl (C=O) groups is 1. The van der Waals surface area contributed by atoms with Crippen LogP contribution in [-0.2, 0) is 11.3 Å². The average molecular weight is 357 g/mol. The van der Waals surface area contributed by atoms with Crippen molar-refractivity contribution >= 4 is 27.5 Å². The highest BCUT2D eigenvalue weighted by Gasteiger charge is 2.08. The summed E-state index contributed by atoms with van der Waals surface area (Å²) >= 11 is 3.32. The Morgan fingerprint density at radius 2 is 2.09 bits per heavy atom. The molecule has 5 nitrogen and oxygen atoms in total. The van der Waals surface area contributed by atoms with Crippen LogP contribution in [-0.4, -0.2) is 10.9 Å². The van der Waals surface area contributed by atoms with E-state index in [-0.39, 0.29) is 5.57 Å². The number of nitriles is 1. The fraction of sp³-hybridized carbons (Fsp3) is 0.0625. The van der Waals surface area contributed by atoms with Crippen molar-refractivity contribution < 1.29 is 4.79 Å². The Bertz CT molecular complexity index is 705. The highest BCUT2D eigenvalue weighted by molar-refractivity contribution is 9.10. The maximum atomic E-state index is 12.0. The Labute approximate surface area is 136 Å². The van der Waals surface area contributed by atoms with Gasteiger partial charge >= 0.3 is 0 Å². The van der Waals surface area contributed by atoms with Crippen LogP contribution in [0.5, 0.6) is 0 Å². The quantitative estimate of drug-likeness (QED) is 0.637. The third-order valence-electron chi connectivity index (χ3n) is 2.74. The van der Waals surface area contributed by atoms with Crippen LogP contribution in [0.1, 0.15) is 5.56 Å².